The molecule has 0 saturated carbocycles. The highest BCUT2D eigenvalue weighted by molar-refractivity contribution is 5.78. The number of anilines is 5. The zero-order chi connectivity index (χ0) is 14.8. The predicted octanol–water partition coefficient (Wildman–Crippen LogP) is 2.14. The van der Waals surface area contributed by atoms with Gasteiger partial charge < -0.3 is 25.4 Å². The summed E-state index contributed by atoms with van der Waals surface area (Å²) in [6.45, 7) is 3.59. The average molecular weight is 287 g/mol. The first-order valence-corrected chi connectivity index (χ1v) is 6.13. The Kier molecular flexibility index (Phi) is 3.14. The van der Waals surface area contributed by atoms with Crippen LogP contribution in [0.15, 0.2) is 27.5 Å². The van der Waals surface area contributed by atoms with E-state index in [0.29, 0.717) is 40.5 Å². The van der Waals surface area contributed by atoms with E-state index in [-0.39, 0.29) is 0 Å². The molecule has 3 aromatic rings. The Balaban J connectivity index is 1.84. The van der Waals surface area contributed by atoms with Crippen LogP contribution in [0, 0.1) is 13.8 Å². The summed E-state index contributed by atoms with van der Waals surface area (Å²) in [6, 6.07) is 3.46. The summed E-state index contributed by atoms with van der Waals surface area (Å²) < 4.78 is 9.94. The van der Waals surface area contributed by atoms with E-state index in [0.717, 1.165) is 0 Å². The summed E-state index contributed by atoms with van der Waals surface area (Å²) in [6.07, 6.45) is 1.38. The quantitative estimate of drug-likeness (QED) is 0.660. The van der Waals surface area contributed by atoms with Gasteiger partial charge in [-0.15, -0.1) is 0 Å². The van der Waals surface area contributed by atoms with Crippen LogP contribution in [0.1, 0.15) is 11.5 Å². The molecule has 0 unspecified atom stereocenters. The number of nitrogen functional groups attached to an aromatic ring is 1. The highest BCUT2D eigenvalue weighted by Crippen LogP contribution is 2.27. The van der Waals surface area contributed by atoms with Crippen LogP contribution < -0.4 is 16.4 Å². The van der Waals surface area contributed by atoms with Gasteiger partial charge in [0.1, 0.15) is 23.5 Å². The lowest BCUT2D eigenvalue weighted by Crippen LogP contribution is -2.05. The number of aromatic nitrogens is 4. The SMILES string of the molecule is Cc1cc(Nc2ncnc(Nc3cc(C)on3)c2N)no1. The van der Waals surface area contributed by atoms with Crippen molar-refractivity contribution >= 4 is 29.0 Å². The molecule has 21 heavy (non-hydrogen) atoms. The summed E-state index contributed by atoms with van der Waals surface area (Å²) in [4.78, 5) is 8.16. The predicted molar refractivity (Wildman–Crippen MR) is 75.5 cm³/mol. The standard InChI is InChI=1S/C12H13N7O2/c1-6-3-8(18-20-6)16-11-10(13)12(15-5-14-11)17-9-4-7(2)21-19-9/h3-5H,13H2,1-2H3,(H2,14,15,16,17,18,19). The van der Waals surface area contributed by atoms with Crippen molar-refractivity contribution < 1.29 is 9.05 Å². The number of nitrogens with zero attached hydrogens (tertiary/aromatic N) is 4. The summed E-state index contributed by atoms with van der Waals surface area (Å²) in [5.41, 5.74) is 6.36. The van der Waals surface area contributed by atoms with Gasteiger partial charge in [-0.1, -0.05) is 10.3 Å². The van der Waals surface area contributed by atoms with Gasteiger partial charge in [0.2, 0.25) is 0 Å². The molecule has 9 heteroatoms. The second-order valence-corrected chi connectivity index (χ2v) is 4.38. The molecule has 3 rings (SSSR count). The van der Waals surface area contributed by atoms with Gasteiger partial charge >= 0.3 is 0 Å². The van der Waals surface area contributed by atoms with Crippen LogP contribution in [0.25, 0.3) is 0 Å². The van der Waals surface area contributed by atoms with Crippen LogP contribution in [0.5, 0.6) is 0 Å². The van der Waals surface area contributed by atoms with E-state index in [9.17, 15) is 0 Å². The highest BCUT2D eigenvalue weighted by atomic mass is 16.5. The normalized spacial score (nSPS) is 10.6. The molecule has 0 aliphatic rings. The van der Waals surface area contributed by atoms with Crippen molar-refractivity contribution in [2.24, 2.45) is 0 Å². The van der Waals surface area contributed by atoms with Gasteiger partial charge in [-0.3, -0.25) is 0 Å². The third-order valence-electron chi connectivity index (χ3n) is 2.63. The zero-order valence-corrected chi connectivity index (χ0v) is 11.4. The summed E-state index contributed by atoms with van der Waals surface area (Å²) in [5.74, 6) is 3.23. The van der Waals surface area contributed by atoms with Crippen molar-refractivity contribution in [1.29, 1.82) is 0 Å². The fraction of sp³-hybridized carbons (Fsp3) is 0.167. The van der Waals surface area contributed by atoms with Gasteiger partial charge in [0.25, 0.3) is 0 Å². The Labute approximate surface area is 119 Å². The number of hydrogen-bond acceptors (Lipinski definition) is 9. The monoisotopic (exact) mass is 287 g/mol. The Hall–Kier alpha value is -3.10. The lowest BCUT2D eigenvalue weighted by molar-refractivity contribution is 0.400. The van der Waals surface area contributed by atoms with E-state index < -0.39 is 0 Å². The molecular formula is C12H13N7O2. The van der Waals surface area contributed by atoms with Crippen molar-refractivity contribution in [3.63, 3.8) is 0 Å². The van der Waals surface area contributed by atoms with E-state index in [4.69, 9.17) is 14.8 Å². The van der Waals surface area contributed by atoms with Gasteiger partial charge in [0.05, 0.1) is 0 Å². The van der Waals surface area contributed by atoms with Crippen LogP contribution in [0.2, 0.25) is 0 Å². The molecule has 3 heterocycles. The molecule has 0 aliphatic heterocycles. The van der Waals surface area contributed by atoms with Crippen LogP contribution in [-0.2, 0) is 0 Å². The van der Waals surface area contributed by atoms with E-state index >= 15 is 0 Å². The Morgan fingerprint density at radius 2 is 1.38 bits per heavy atom. The maximum Gasteiger partial charge on any atom is 0.175 e. The zero-order valence-electron chi connectivity index (χ0n) is 11.4. The minimum Gasteiger partial charge on any atom is -0.393 e. The van der Waals surface area contributed by atoms with Crippen molar-refractivity contribution in [1.82, 2.24) is 20.3 Å². The molecule has 0 aromatic carbocycles. The topological polar surface area (TPSA) is 128 Å². The molecule has 0 amide bonds. The number of rotatable bonds is 4. The fourth-order valence-electron chi connectivity index (χ4n) is 1.69. The molecule has 108 valence electrons. The molecule has 0 fully saturated rings. The minimum absolute atomic E-state index is 0.332. The van der Waals surface area contributed by atoms with Gasteiger partial charge in [0.15, 0.2) is 23.3 Å². The van der Waals surface area contributed by atoms with Crippen LogP contribution >= 0.6 is 0 Å². The Morgan fingerprint density at radius 1 is 0.905 bits per heavy atom. The van der Waals surface area contributed by atoms with E-state index in [2.05, 4.69) is 30.9 Å². The van der Waals surface area contributed by atoms with Gasteiger partial charge in [-0.25, -0.2) is 9.97 Å². The second kappa shape index (κ2) is 5.12. The molecule has 3 aromatic heterocycles. The first kappa shape index (κ1) is 12.9. The van der Waals surface area contributed by atoms with Crippen molar-refractivity contribution in [2.45, 2.75) is 13.8 Å². The molecule has 0 radical (unpaired) electrons. The average Bonchev–Trinajstić information content (AvgIpc) is 3.03. The number of hydrogen-bond donors (Lipinski definition) is 3. The lowest BCUT2D eigenvalue weighted by atomic mass is 10.4. The van der Waals surface area contributed by atoms with Gasteiger partial charge in [-0.2, -0.15) is 0 Å². The van der Waals surface area contributed by atoms with Gasteiger partial charge in [-0.05, 0) is 13.8 Å². The largest absolute Gasteiger partial charge is 0.393 e. The third-order valence-corrected chi connectivity index (χ3v) is 2.63. The second-order valence-electron chi connectivity index (χ2n) is 4.38. The fourth-order valence-corrected chi connectivity index (χ4v) is 1.69. The molecule has 0 atom stereocenters. The summed E-state index contributed by atoms with van der Waals surface area (Å²) in [7, 11) is 0. The van der Waals surface area contributed by atoms with Crippen LogP contribution in [-0.4, -0.2) is 20.3 Å². The molecule has 0 aliphatic carbocycles. The molecular weight excluding hydrogens is 274 g/mol. The van der Waals surface area contributed by atoms with Crippen LogP contribution in [0.4, 0.5) is 29.0 Å². The highest BCUT2D eigenvalue weighted by Gasteiger charge is 2.11. The maximum atomic E-state index is 6.03. The first-order valence-electron chi connectivity index (χ1n) is 6.13. The van der Waals surface area contributed by atoms with E-state index in [1.165, 1.54) is 6.33 Å². The number of aryl methyl sites for hydroxylation is 2. The van der Waals surface area contributed by atoms with Gasteiger partial charge in [0, 0.05) is 12.1 Å². The Morgan fingerprint density at radius 3 is 1.76 bits per heavy atom. The maximum absolute atomic E-state index is 6.03. The summed E-state index contributed by atoms with van der Waals surface area (Å²) in [5, 5.41) is 13.6. The van der Waals surface area contributed by atoms with Crippen molar-refractivity contribution in [3.05, 3.63) is 30.0 Å². The lowest BCUT2D eigenvalue weighted by Gasteiger charge is -2.09. The molecule has 4 N–H and O–H groups in total. The van der Waals surface area contributed by atoms with Crippen LogP contribution in [0.3, 0.4) is 0 Å². The number of nitrogens with two attached hydrogens (primary N) is 1. The smallest absolute Gasteiger partial charge is 0.175 e. The molecule has 0 saturated heterocycles. The van der Waals surface area contributed by atoms with E-state index in [1.54, 1.807) is 26.0 Å². The first-order chi connectivity index (χ1) is 10.1. The summed E-state index contributed by atoms with van der Waals surface area (Å²) >= 11 is 0. The molecule has 9 nitrogen and oxygen atoms in total. The molecule has 0 bridgehead atoms. The van der Waals surface area contributed by atoms with E-state index in [1.807, 2.05) is 0 Å². The number of nitrogens with one attached hydrogen (secondary N) is 2. The Bertz CT molecular complexity index is 704. The van der Waals surface area contributed by atoms with Crippen molar-refractivity contribution in [3.8, 4) is 0 Å². The molecule has 0 spiro atoms. The van der Waals surface area contributed by atoms with Crippen molar-refractivity contribution in [2.75, 3.05) is 16.4 Å². The minimum atomic E-state index is 0.332. The third kappa shape index (κ3) is 2.76.